The molecular formula is C19H30F4N+. The second kappa shape index (κ2) is 10.0. The molecule has 1 aromatic rings. The van der Waals surface area contributed by atoms with Gasteiger partial charge in [0.25, 0.3) is 0 Å². The molecule has 0 spiro atoms. The van der Waals surface area contributed by atoms with Crippen LogP contribution in [0.3, 0.4) is 0 Å². The van der Waals surface area contributed by atoms with Crippen molar-refractivity contribution >= 4 is 5.69 Å². The largest absolute Gasteiger partial charge is 0.300 e. The van der Waals surface area contributed by atoms with Gasteiger partial charge in [-0.05, 0) is 25.7 Å². The van der Waals surface area contributed by atoms with Gasteiger partial charge in [0.05, 0.1) is 13.1 Å². The zero-order valence-electron chi connectivity index (χ0n) is 15.2. The molecule has 0 radical (unpaired) electrons. The Morgan fingerprint density at radius 2 is 1.58 bits per heavy atom. The summed E-state index contributed by atoms with van der Waals surface area (Å²) >= 11 is 0. The zero-order valence-corrected chi connectivity index (χ0v) is 15.2. The monoisotopic (exact) mass is 348 g/mol. The standard InChI is InChI=1S/C19H29F4N/c1-5-8-14(6-2)10-9-13(4)12-24(7-3)16-11-15(20)17(21)19(23)18(16)22/h11,13-14H,5-10,12H2,1-4H3/p+1. The first-order valence-electron chi connectivity index (χ1n) is 9.03. The number of rotatable bonds is 10. The van der Waals surface area contributed by atoms with Crippen LogP contribution in [0.15, 0.2) is 6.07 Å². The van der Waals surface area contributed by atoms with E-state index in [9.17, 15) is 17.6 Å². The molecule has 0 aliphatic carbocycles. The normalized spacial score (nSPS) is 15.3. The number of hydrogen-bond donors (Lipinski definition) is 1. The van der Waals surface area contributed by atoms with Crippen molar-refractivity contribution in [2.45, 2.75) is 59.8 Å². The maximum atomic E-state index is 14.0. The second-order valence-corrected chi connectivity index (χ2v) is 6.75. The lowest BCUT2D eigenvalue weighted by molar-refractivity contribution is -0.835. The third-order valence-corrected chi connectivity index (χ3v) is 4.85. The molecule has 0 bridgehead atoms. The summed E-state index contributed by atoms with van der Waals surface area (Å²) < 4.78 is 54.0. The molecular weight excluding hydrogens is 318 g/mol. The van der Waals surface area contributed by atoms with Crippen LogP contribution in [0.4, 0.5) is 23.2 Å². The first kappa shape index (κ1) is 20.9. The van der Waals surface area contributed by atoms with Gasteiger partial charge < -0.3 is 0 Å². The van der Waals surface area contributed by atoms with Gasteiger partial charge in [-0.2, -0.15) is 4.39 Å². The Bertz CT molecular complexity index is 519. The highest BCUT2D eigenvalue weighted by molar-refractivity contribution is 5.33. The van der Waals surface area contributed by atoms with E-state index in [1.807, 2.05) is 6.92 Å². The van der Waals surface area contributed by atoms with Crippen molar-refractivity contribution in [3.8, 4) is 0 Å². The van der Waals surface area contributed by atoms with E-state index in [0.29, 0.717) is 29.8 Å². The van der Waals surface area contributed by atoms with Gasteiger partial charge in [-0.3, -0.25) is 4.90 Å². The highest BCUT2D eigenvalue weighted by atomic mass is 19.2. The van der Waals surface area contributed by atoms with Crippen molar-refractivity contribution in [1.29, 1.82) is 0 Å². The molecule has 0 aromatic heterocycles. The van der Waals surface area contributed by atoms with Gasteiger partial charge in [0.15, 0.2) is 17.3 Å². The summed E-state index contributed by atoms with van der Waals surface area (Å²) in [6.45, 7) is 9.32. The topological polar surface area (TPSA) is 4.44 Å². The molecule has 3 unspecified atom stereocenters. The zero-order chi connectivity index (χ0) is 18.3. The molecule has 5 heteroatoms. The van der Waals surface area contributed by atoms with Gasteiger partial charge >= 0.3 is 0 Å². The van der Waals surface area contributed by atoms with Crippen LogP contribution in [-0.4, -0.2) is 13.1 Å². The van der Waals surface area contributed by atoms with Crippen molar-refractivity contribution in [2.75, 3.05) is 13.1 Å². The van der Waals surface area contributed by atoms with Gasteiger partial charge in [0.1, 0.15) is 0 Å². The molecule has 138 valence electrons. The molecule has 0 heterocycles. The molecule has 1 nitrogen and oxygen atoms in total. The van der Waals surface area contributed by atoms with Gasteiger partial charge in [0, 0.05) is 12.0 Å². The maximum absolute atomic E-state index is 14.0. The lowest BCUT2D eigenvalue weighted by Gasteiger charge is -2.23. The maximum Gasteiger partial charge on any atom is 0.222 e. The van der Waals surface area contributed by atoms with Crippen LogP contribution in [0.25, 0.3) is 0 Å². The molecule has 0 aliphatic heterocycles. The minimum Gasteiger partial charge on any atom is -0.300 e. The van der Waals surface area contributed by atoms with Crippen LogP contribution in [0.2, 0.25) is 0 Å². The van der Waals surface area contributed by atoms with Gasteiger partial charge in [0.2, 0.25) is 11.6 Å². The lowest BCUT2D eigenvalue weighted by atomic mass is 9.91. The van der Waals surface area contributed by atoms with Crippen LogP contribution in [-0.2, 0) is 0 Å². The number of hydrogen-bond acceptors (Lipinski definition) is 0. The van der Waals surface area contributed by atoms with Gasteiger partial charge in [-0.25, -0.2) is 13.2 Å². The molecule has 0 saturated heterocycles. The molecule has 3 atom stereocenters. The Hall–Kier alpha value is -1.10. The molecule has 0 amide bonds. The van der Waals surface area contributed by atoms with Gasteiger partial charge in [-0.1, -0.05) is 40.0 Å². The van der Waals surface area contributed by atoms with E-state index in [1.165, 1.54) is 12.8 Å². The SMILES string of the molecule is CCCC(CC)CCC(C)C[NH+](CC)c1cc(F)c(F)c(F)c1F. The van der Waals surface area contributed by atoms with E-state index in [4.69, 9.17) is 0 Å². The molecule has 0 fully saturated rings. The molecule has 0 saturated carbocycles. The fraction of sp³-hybridized carbons (Fsp3) is 0.684. The Balaban J connectivity index is 2.77. The van der Waals surface area contributed by atoms with Crippen molar-refractivity contribution in [1.82, 2.24) is 0 Å². The number of quaternary nitrogens is 1. The van der Waals surface area contributed by atoms with Crippen LogP contribution >= 0.6 is 0 Å². The first-order valence-corrected chi connectivity index (χ1v) is 9.03. The summed E-state index contributed by atoms with van der Waals surface area (Å²) in [6.07, 6.45) is 5.62. The van der Waals surface area contributed by atoms with E-state index < -0.39 is 23.3 Å². The lowest BCUT2D eigenvalue weighted by Crippen LogP contribution is -3.07. The summed E-state index contributed by atoms with van der Waals surface area (Å²) in [7, 11) is 0. The highest BCUT2D eigenvalue weighted by Gasteiger charge is 2.26. The van der Waals surface area contributed by atoms with Crippen molar-refractivity contribution in [3.63, 3.8) is 0 Å². The summed E-state index contributed by atoms with van der Waals surface area (Å²) in [5, 5.41) is 0. The minimum atomic E-state index is -1.75. The minimum absolute atomic E-state index is 0.124. The molecule has 0 aliphatic rings. The molecule has 1 aromatic carbocycles. The Kier molecular flexibility index (Phi) is 8.74. The summed E-state index contributed by atoms with van der Waals surface area (Å²) in [5.41, 5.74) is -0.124. The summed E-state index contributed by atoms with van der Waals surface area (Å²) in [5.74, 6) is -5.10. The van der Waals surface area contributed by atoms with E-state index in [-0.39, 0.29) is 5.69 Å². The Labute approximate surface area is 143 Å². The third-order valence-electron chi connectivity index (χ3n) is 4.85. The number of nitrogens with one attached hydrogen (secondary N) is 1. The fourth-order valence-corrected chi connectivity index (χ4v) is 3.28. The van der Waals surface area contributed by atoms with Crippen LogP contribution in [0.5, 0.6) is 0 Å². The quantitative estimate of drug-likeness (QED) is 0.344. The fourth-order valence-electron chi connectivity index (χ4n) is 3.28. The molecule has 1 rings (SSSR count). The molecule has 1 N–H and O–H groups in total. The Morgan fingerprint density at radius 1 is 0.917 bits per heavy atom. The van der Waals surface area contributed by atoms with Gasteiger partial charge in [-0.15, -0.1) is 0 Å². The van der Waals surface area contributed by atoms with Crippen LogP contribution in [0, 0.1) is 35.1 Å². The summed E-state index contributed by atoms with van der Waals surface area (Å²) in [4.78, 5) is 0.640. The highest BCUT2D eigenvalue weighted by Crippen LogP contribution is 2.22. The number of halogens is 4. The Morgan fingerprint density at radius 3 is 2.12 bits per heavy atom. The first-order chi connectivity index (χ1) is 11.3. The van der Waals surface area contributed by atoms with E-state index >= 15 is 0 Å². The molecule has 24 heavy (non-hydrogen) atoms. The van der Waals surface area contributed by atoms with E-state index in [0.717, 1.165) is 25.3 Å². The average Bonchev–Trinajstić information content (AvgIpc) is 2.57. The van der Waals surface area contributed by atoms with Crippen molar-refractivity contribution in [3.05, 3.63) is 29.3 Å². The predicted molar refractivity (Wildman–Crippen MR) is 89.4 cm³/mol. The summed E-state index contributed by atoms with van der Waals surface area (Å²) in [6, 6.07) is 0.783. The van der Waals surface area contributed by atoms with Crippen LogP contribution in [0.1, 0.15) is 59.8 Å². The average molecular weight is 348 g/mol. The smallest absolute Gasteiger partial charge is 0.222 e. The van der Waals surface area contributed by atoms with E-state index in [1.54, 1.807) is 0 Å². The van der Waals surface area contributed by atoms with Crippen molar-refractivity contribution in [2.24, 2.45) is 11.8 Å². The second-order valence-electron chi connectivity index (χ2n) is 6.75. The predicted octanol–water partition coefficient (Wildman–Crippen LogP) is 5.02. The third kappa shape index (κ3) is 5.47. The number of benzene rings is 1. The van der Waals surface area contributed by atoms with Crippen LogP contribution < -0.4 is 4.90 Å². The van der Waals surface area contributed by atoms with E-state index in [2.05, 4.69) is 20.8 Å². The van der Waals surface area contributed by atoms with Crippen molar-refractivity contribution < 1.29 is 22.5 Å².